The SMILES string of the molecule is C=C[C@@H]1CN2CC[C@@H]1C[C@@H]2[C@@H](OC)c1ccnc2ccc(OC)cc12. The molecule has 25 heavy (non-hydrogen) atoms. The molecule has 1 aromatic carbocycles. The van der Waals surface area contributed by atoms with Gasteiger partial charge >= 0.3 is 0 Å². The number of fused-ring (bicyclic) bond motifs is 4. The molecular weight excluding hydrogens is 312 g/mol. The van der Waals surface area contributed by atoms with Gasteiger partial charge in [0.05, 0.1) is 18.7 Å². The minimum Gasteiger partial charge on any atom is -0.497 e. The third-order valence-corrected chi connectivity index (χ3v) is 6.05. The van der Waals surface area contributed by atoms with E-state index in [0.29, 0.717) is 12.0 Å². The van der Waals surface area contributed by atoms with Gasteiger partial charge in [-0.2, -0.15) is 0 Å². The van der Waals surface area contributed by atoms with Gasteiger partial charge in [-0.1, -0.05) is 6.08 Å². The molecule has 3 saturated heterocycles. The Morgan fingerprint density at radius 3 is 2.88 bits per heavy atom. The first-order valence-electron chi connectivity index (χ1n) is 9.07. The molecule has 3 fully saturated rings. The van der Waals surface area contributed by atoms with Crippen LogP contribution in [0.25, 0.3) is 10.9 Å². The first-order valence-corrected chi connectivity index (χ1v) is 9.07. The van der Waals surface area contributed by atoms with Crippen LogP contribution >= 0.6 is 0 Å². The smallest absolute Gasteiger partial charge is 0.119 e. The summed E-state index contributed by atoms with van der Waals surface area (Å²) in [6.45, 7) is 6.29. The maximum Gasteiger partial charge on any atom is 0.119 e. The Kier molecular flexibility index (Phi) is 4.48. The van der Waals surface area contributed by atoms with Crippen molar-refractivity contribution in [3.63, 3.8) is 0 Å². The minimum absolute atomic E-state index is 0.0474. The van der Waals surface area contributed by atoms with Crippen LogP contribution in [0.2, 0.25) is 0 Å². The number of aromatic nitrogens is 1. The summed E-state index contributed by atoms with van der Waals surface area (Å²) in [6.07, 6.45) is 6.52. The van der Waals surface area contributed by atoms with Crippen molar-refractivity contribution in [2.45, 2.75) is 25.0 Å². The highest BCUT2D eigenvalue weighted by atomic mass is 16.5. The summed E-state index contributed by atoms with van der Waals surface area (Å²) >= 11 is 0. The summed E-state index contributed by atoms with van der Waals surface area (Å²) in [5, 5.41) is 1.12. The number of hydrogen-bond acceptors (Lipinski definition) is 4. The van der Waals surface area contributed by atoms with Gasteiger partial charge < -0.3 is 9.47 Å². The largest absolute Gasteiger partial charge is 0.497 e. The molecule has 1 aromatic heterocycles. The van der Waals surface area contributed by atoms with E-state index in [1.54, 1.807) is 7.11 Å². The Morgan fingerprint density at radius 1 is 1.32 bits per heavy atom. The van der Waals surface area contributed by atoms with Crippen LogP contribution in [0.4, 0.5) is 0 Å². The third kappa shape index (κ3) is 2.83. The molecule has 4 heterocycles. The van der Waals surface area contributed by atoms with Gasteiger partial charge in [-0.25, -0.2) is 0 Å². The topological polar surface area (TPSA) is 34.6 Å². The van der Waals surface area contributed by atoms with E-state index in [1.807, 2.05) is 25.4 Å². The lowest BCUT2D eigenvalue weighted by Gasteiger charge is -2.51. The normalized spacial score (nSPS) is 29.5. The predicted molar refractivity (Wildman–Crippen MR) is 99.8 cm³/mol. The van der Waals surface area contributed by atoms with Gasteiger partial charge in [-0.15, -0.1) is 6.58 Å². The fourth-order valence-corrected chi connectivity index (χ4v) is 4.71. The molecule has 0 aliphatic carbocycles. The second kappa shape index (κ2) is 6.77. The Bertz CT molecular complexity index is 776. The van der Waals surface area contributed by atoms with Gasteiger partial charge in [0.25, 0.3) is 0 Å². The lowest BCUT2D eigenvalue weighted by molar-refractivity contribution is -0.0601. The first-order chi connectivity index (χ1) is 12.2. The lowest BCUT2D eigenvalue weighted by Crippen LogP contribution is -2.55. The van der Waals surface area contributed by atoms with E-state index in [9.17, 15) is 0 Å². The van der Waals surface area contributed by atoms with Crippen LogP contribution in [0.3, 0.4) is 0 Å². The Labute approximate surface area is 149 Å². The van der Waals surface area contributed by atoms with Gasteiger partial charge in [0.2, 0.25) is 0 Å². The average Bonchev–Trinajstić information content (AvgIpc) is 2.68. The Hall–Kier alpha value is -1.91. The summed E-state index contributed by atoms with van der Waals surface area (Å²) in [5.41, 5.74) is 2.19. The van der Waals surface area contributed by atoms with Crippen LogP contribution < -0.4 is 4.74 Å². The van der Waals surface area contributed by atoms with E-state index in [4.69, 9.17) is 9.47 Å². The number of ether oxygens (including phenoxy) is 2. The third-order valence-electron chi connectivity index (χ3n) is 6.05. The molecule has 5 rings (SSSR count). The molecule has 2 bridgehead atoms. The maximum atomic E-state index is 6.04. The van der Waals surface area contributed by atoms with Crippen LogP contribution in [0.5, 0.6) is 5.75 Å². The molecule has 2 aromatic rings. The quantitative estimate of drug-likeness (QED) is 0.776. The highest BCUT2D eigenvalue weighted by Gasteiger charge is 2.42. The van der Waals surface area contributed by atoms with E-state index in [2.05, 4.69) is 34.7 Å². The van der Waals surface area contributed by atoms with Crippen molar-refractivity contribution in [2.24, 2.45) is 11.8 Å². The fraction of sp³-hybridized carbons (Fsp3) is 0.476. The molecule has 5 atom stereocenters. The number of nitrogens with zero attached hydrogens (tertiary/aromatic N) is 2. The molecule has 3 aliphatic rings. The molecule has 0 N–H and O–H groups in total. The molecule has 0 spiro atoms. The zero-order chi connectivity index (χ0) is 17.4. The van der Waals surface area contributed by atoms with Gasteiger partial charge in [-0.05, 0) is 61.1 Å². The van der Waals surface area contributed by atoms with Gasteiger partial charge in [0.1, 0.15) is 5.75 Å². The highest BCUT2D eigenvalue weighted by Crippen LogP contribution is 2.43. The van der Waals surface area contributed by atoms with E-state index in [1.165, 1.54) is 18.4 Å². The maximum absolute atomic E-state index is 6.04. The van der Waals surface area contributed by atoms with Crippen LogP contribution in [0.1, 0.15) is 24.5 Å². The van der Waals surface area contributed by atoms with Crippen molar-refractivity contribution < 1.29 is 9.47 Å². The second-order valence-electron chi connectivity index (χ2n) is 7.19. The molecule has 0 amide bonds. The molecule has 132 valence electrons. The molecular formula is C21H26N2O2. The van der Waals surface area contributed by atoms with E-state index < -0.39 is 0 Å². The number of pyridine rings is 1. The van der Waals surface area contributed by atoms with Crippen LogP contribution in [-0.4, -0.2) is 43.2 Å². The summed E-state index contributed by atoms with van der Waals surface area (Å²) in [6, 6.07) is 8.57. The molecule has 1 unspecified atom stereocenters. The Morgan fingerprint density at radius 2 is 2.20 bits per heavy atom. The van der Waals surface area contributed by atoms with Crippen LogP contribution in [0, 0.1) is 11.8 Å². The monoisotopic (exact) mass is 338 g/mol. The fourth-order valence-electron chi connectivity index (χ4n) is 4.71. The summed E-state index contributed by atoms with van der Waals surface area (Å²) in [5.74, 6) is 2.21. The second-order valence-corrected chi connectivity index (χ2v) is 7.19. The summed E-state index contributed by atoms with van der Waals surface area (Å²) < 4.78 is 11.5. The summed E-state index contributed by atoms with van der Waals surface area (Å²) in [7, 11) is 3.53. The van der Waals surface area contributed by atoms with Crippen LogP contribution in [-0.2, 0) is 4.74 Å². The molecule has 0 saturated carbocycles. The van der Waals surface area contributed by atoms with Crippen molar-refractivity contribution in [3.8, 4) is 5.75 Å². The van der Waals surface area contributed by atoms with E-state index >= 15 is 0 Å². The predicted octanol–water partition coefficient (Wildman–Crippen LogP) is 3.83. The van der Waals surface area contributed by atoms with E-state index in [0.717, 1.165) is 35.7 Å². The highest BCUT2D eigenvalue weighted by molar-refractivity contribution is 5.84. The Balaban J connectivity index is 1.72. The van der Waals surface area contributed by atoms with Gasteiger partial charge in [0.15, 0.2) is 0 Å². The average molecular weight is 338 g/mol. The number of piperidine rings is 3. The van der Waals surface area contributed by atoms with Crippen molar-refractivity contribution in [2.75, 3.05) is 27.3 Å². The summed E-state index contributed by atoms with van der Waals surface area (Å²) in [4.78, 5) is 7.10. The zero-order valence-corrected chi connectivity index (χ0v) is 15.0. The molecule has 4 heteroatoms. The van der Waals surface area contributed by atoms with Gasteiger partial charge in [0, 0.05) is 31.3 Å². The van der Waals surface area contributed by atoms with Crippen molar-refractivity contribution in [1.82, 2.24) is 9.88 Å². The van der Waals surface area contributed by atoms with Crippen molar-refractivity contribution in [3.05, 3.63) is 48.7 Å². The standard InChI is InChI=1S/C21H26N2O2/c1-4-14-13-23-10-8-15(14)11-20(23)21(25-3)17-7-9-22-19-6-5-16(24-2)12-18(17)19/h4-7,9,12,14-15,20-21H,1,8,10-11,13H2,2-3H3/t14-,15-,20-,21+/m1/s1. The number of hydrogen-bond donors (Lipinski definition) is 0. The minimum atomic E-state index is 0.0474. The van der Waals surface area contributed by atoms with Crippen molar-refractivity contribution in [1.29, 1.82) is 0 Å². The number of rotatable bonds is 5. The lowest BCUT2D eigenvalue weighted by atomic mass is 9.73. The zero-order valence-electron chi connectivity index (χ0n) is 15.0. The first kappa shape index (κ1) is 16.6. The molecule has 3 aliphatic heterocycles. The van der Waals surface area contributed by atoms with Crippen LogP contribution in [0.15, 0.2) is 43.1 Å². The van der Waals surface area contributed by atoms with Crippen molar-refractivity contribution >= 4 is 10.9 Å². The number of benzene rings is 1. The molecule has 4 nitrogen and oxygen atoms in total. The van der Waals surface area contributed by atoms with Gasteiger partial charge in [-0.3, -0.25) is 9.88 Å². The molecule has 0 radical (unpaired) electrons. The number of methoxy groups -OCH3 is 2. The van der Waals surface area contributed by atoms with E-state index in [-0.39, 0.29) is 6.10 Å².